The summed E-state index contributed by atoms with van der Waals surface area (Å²) in [6.07, 6.45) is 0.725. The molecule has 1 N–H and O–H groups in total. The predicted octanol–water partition coefficient (Wildman–Crippen LogP) is 5.53. The van der Waals surface area contributed by atoms with Crippen molar-refractivity contribution in [2.45, 2.75) is 44.9 Å². The van der Waals surface area contributed by atoms with E-state index >= 15 is 0 Å². The normalized spacial score (nSPS) is 17.3. The Morgan fingerprint density at radius 3 is 2.60 bits per heavy atom. The number of nitrogens with zero attached hydrogens (tertiary/aromatic N) is 3. The van der Waals surface area contributed by atoms with Crippen LogP contribution in [0.5, 0.6) is 11.5 Å². The molecule has 3 heterocycles. The lowest BCUT2D eigenvalue weighted by Crippen LogP contribution is -2.42. The van der Waals surface area contributed by atoms with Crippen LogP contribution in [-0.2, 0) is 4.74 Å². The molecule has 0 spiro atoms. The number of halogens is 1. The maximum absolute atomic E-state index is 13.4. The highest BCUT2D eigenvalue weighted by Gasteiger charge is 2.37. The number of rotatable bonds is 6. The van der Waals surface area contributed by atoms with Crippen LogP contribution in [0.4, 0.5) is 4.79 Å². The quantitative estimate of drug-likeness (QED) is 0.318. The highest BCUT2D eigenvalue weighted by Crippen LogP contribution is 2.33. The second-order valence-corrected chi connectivity index (χ2v) is 12.1. The van der Waals surface area contributed by atoms with Crippen molar-refractivity contribution in [2.24, 2.45) is 0 Å². The summed E-state index contributed by atoms with van der Waals surface area (Å²) < 4.78 is 19.1. The number of likely N-dealkylation sites (tertiary alicyclic amines) is 1. The molecular formula is C29H30ClN3O6S. The second kappa shape index (κ2) is 11.1. The van der Waals surface area contributed by atoms with Gasteiger partial charge in [-0.2, -0.15) is 0 Å². The first-order chi connectivity index (χ1) is 19.0. The number of ether oxygens (including phenoxy) is 3. The molecule has 1 amide bonds. The van der Waals surface area contributed by atoms with Crippen molar-refractivity contribution < 1.29 is 24.1 Å². The summed E-state index contributed by atoms with van der Waals surface area (Å²) >= 11 is 7.39. The molecule has 2 aromatic carbocycles. The Morgan fingerprint density at radius 1 is 1.15 bits per heavy atom. The minimum absolute atomic E-state index is 0.141. The number of β-amino-alcohol motifs (C(OH)–C–C–N with tert-alkyl or cyclic N) is 1. The Kier molecular flexibility index (Phi) is 7.76. The third kappa shape index (κ3) is 5.94. The Balaban J connectivity index is 1.36. The van der Waals surface area contributed by atoms with Crippen LogP contribution in [0.15, 0.2) is 59.7 Å². The number of hydrogen-bond donors (Lipinski definition) is 1. The zero-order valence-electron chi connectivity index (χ0n) is 22.6. The molecule has 0 radical (unpaired) electrons. The number of fused-ring (bicyclic) bond motifs is 1. The minimum Gasteiger partial charge on any atom is -0.493 e. The van der Waals surface area contributed by atoms with Crippen LogP contribution in [-0.4, -0.2) is 63.7 Å². The van der Waals surface area contributed by atoms with E-state index < -0.39 is 17.8 Å². The van der Waals surface area contributed by atoms with E-state index in [0.29, 0.717) is 38.8 Å². The lowest BCUT2D eigenvalue weighted by Gasteiger charge is -2.28. The molecule has 5 rings (SSSR count). The molecule has 2 atom stereocenters. The van der Waals surface area contributed by atoms with E-state index in [1.54, 1.807) is 39.0 Å². The lowest BCUT2D eigenvalue weighted by molar-refractivity contribution is 0.0172. The molecule has 2 aromatic heterocycles. The van der Waals surface area contributed by atoms with Gasteiger partial charge in [0.15, 0.2) is 11.5 Å². The Hall–Kier alpha value is -3.60. The van der Waals surface area contributed by atoms with Gasteiger partial charge in [0.05, 0.1) is 37.0 Å². The number of thiophene rings is 1. The van der Waals surface area contributed by atoms with Crippen molar-refractivity contribution in [1.82, 2.24) is 14.5 Å². The van der Waals surface area contributed by atoms with E-state index in [4.69, 9.17) is 25.8 Å². The summed E-state index contributed by atoms with van der Waals surface area (Å²) in [6.45, 7) is 5.71. The van der Waals surface area contributed by atoms with Gasteiger partial charge in [0.25, 0.3) is 5.56 Å². The van der Waals surface area contributed by atoms with Gasteiger partial charge in [0.1, 0.15) is 23.2 Å². The molecule has 0 aliphatic carbocycles. The van der Waals surface area contributed by atoms with Crippen LogP contribution < -0.4 is 15.0 Å². The lowest BCUT2D eigenvalue weighted by atomic mass is 10.2. The first-order valence-corrected chi connectivity index (χ1v) is 14.0. The molecule has 9 nitrogen and oxygen atoms in total. The van der Waals surface area contributed by atoms with Crippen LogP contribution in [0.25, 0.3) is 26.3 Å². The molecule has 210 valence electrons. The predicted molar refractivity (Wildman–Crippen MR) is 155 cm³/mol. The average molecular weight is 584 g/mol. The number of aliphatic hydroxyl groups excluding tert-OH is 1. The summed E-state index contributed by atoms with van der Waals surface area (Å²) in [5.74, 6) is 0.861. The molecule has 1 aliphatic heterocycles. The summed E-state index contributed by atoms with van der Waals surface area (Å²) in [5.41, 5.74) is 1.31. The number of methoxy groups -OCH3 is 1. The molecule has 1 aliphatic rings. The van der Waals surface area contributed by atoms with Gasteiger partial charge in [-0.05, 0) is 63.1 Å². The topological polar surface area (TPSA) is 103 Å². The van der Waals surface area contributed by atoms with Gasteiger partial charge in [0.2, 0.25) is 0 Å². The van der Waals surface area contributed by atoms with Crippen LogP contribution >= 0.6 is 22.9 Å². The zero-order chi connectivity index (χ0) is 28.6. The fourth-order valence-corrected chi connectivity index (χ4v) is 5.73. The number of amides is 1. The van der Waals surface area contributed by atoms with E-state index in [9.17, 15) is 14.7 Å². The Morgan fingerprint density at radius 2 is 1.90 bits per heavy atom. The maximum atomic E-state index is 13.4. The first kappa shape index (κ1) is 27.9. The largest absolute Gasteiger partial charge is 0.493 e. The van der Waals surface area contributed by atoms with Crippen LogP contribution in [0.2, 0.25) is 5.02 Å². The smallest absolute Gasteiger partial charge is 0.410 e. The van der Waals surface area contributed by atoms with E-state index in [1.807, 2.05) is 30.3 Å². The SMILES string of the molecule is COc1cc(-n2cnc3cc(-c4ccc(Cl)cc4)sc3c2=O)ccc1OC[C@@H]1C[C@@H](O)CN1C(=O)OC(C)(C)C. The standard InChI is InChI=1S/C29H30ClN3O6S/c1-29(2,3)39-28(36)32-14-21(34)11-20(32)15-38-23-10-9-19(12-24(23)37-4)33-16-31-22-13-25(40-26(22)27(33)35)17-5-7-18(30)8-6-17/h5-10,12-13,16,20-21,34H,11,14-15H2,1-4H3/t20-,21+/m0/s1. The number of aliphatic hydroxyl groups is 1. The van der Waals surface area contributed by atoms with Gasteiger partial charge < -0.3 is 19.3 Å². The molecule has 0 unspecified atom stereocenters. The van der Waals surface area contributed by atoms with Crippen molar-refractivity contribution in [1.29, 1.82) is 0 Å². The maximum Gasteiger partial charge on any atom is 0.410 e. The molecule has 0 saturated carbocycles. The van der Waals surface area contributed by atoms with Crippen LogP contribution in [0.1, 0.15) is 27.2 Å². The van der Waals surface area contributed by atoms with Gasteiger partial charge in [-0.25, -0.2) is 9.78 Å². The third-order valence-corrected chi connectivity index (χ3v) is 7.86. The highest BCUT2D eigenvalue weighted by molar-refractivity contribution is 7.22. The van der Waals surface area contributed by atoms with Crippen molar-refractivity contribution >= 4 is 39.2 Å². The second-order valence-electron chi connectivity index (χ2n) is 10.6. The molecule has 4 aromatic rings. The number of aromatic nitrogens is 2. The third-order valence-electron chi connectivity index (χ3n) is 6.44. The van der Waals surface area contributed by atoms with E-state index in [-0.39, 0.29) is 24.8 Å². The summed E-state index contributed by atoms with van der Waals surface area (Å²) in [7, 11) is 1.51. The fraction of sp³-hybridized carbons (Fsp3) is 0.345. The molecule has 1 saturated heterocycles. The first-order valence-electron chi connectivity index (χ1n) is 12.8. The minimum atomic E-state index is -0.655. The number of carbonyl (C=O) groups excluding carboxylic acids is 1. The van der Waals surface area contributed by atoms with Gasteiger partial charge >= 0.3 is 6.09 Å². The van der Waals surface area contributed by atoms with E-state index in [0.717, 1.165) is 10.4 Å². The van der Waals surface area contributed by atoms with Crippen molar-refractivity contribution in [3.63, 3.8) is 0 Å². The molecule has 40 heavy (non-hydrogen) atoms. The number of benzene rings is 2. The number of carbonyl (C=O) groups is 1. The Labute approximate surface area is 240 Å². The zero-order valence-corrected chi connectivity index (χ0v) is 24.2. The van der Waals surface area contributed by atoms with Crippen LogP contribution in [0, 0.1) is 0 Å². The monoisotopic (exact) mass is 583 g/mol. The fourth-order valence-electron chi connectivity index (χ4n) is 4.56. The van der Waals surface area contributed by atoms with Crippen molar-refractivity contribution in [2.75, 3.05) is 20.3 Å². The average Bonchev–Trinajstić information content (AvgIpc) is 3.51. The van der Waals surface area contributed by atoms with Gasteiger partial charge in [0, 0.05) is 16.0 Å². The summed E-state index contributed by atoms with van der Waals surface area (Å²) in [4.78, 5) is 33.0. The van der Waals surface area contributed by atoms with Gasteiger partial charge in [-0.1, -0.05) is 23.7 Å². The Bertz CT molecular complexity index is 1590. The van der Waals surface area contributed by atoms with Crippen molar-refractivity contribution in [3.8, 4) is 27.6 Å². The van der Waals surface area contributed by atoms with Crippen LogP contribution in [0.3, 0.4) is 0 Å². The van der Waals surface area contributed by atoms with Gasteiger partial charge in [-0.3, -0.25) is 14.3 Å². The van der Waals surface area contributed by atoms with E-state index in [1.165, 1.54) is 34.2 Å². The summed E-state index contributed by atoms with van der Waals surface area (Å²) in [6, 6.07) is 14.1. The highest BCUT2D eigenvalue weighted by atomic mass is 35.5. The summed E-state index contributed by atoms with van der Waals surface area (Å²) in [5, 5.41) is 10.8. The number of hydrogen-bond acceptors (Lipinski definition) is 8. The van der Waals surface area contributed by atoms with Crippen molar-refractivity contribution in [3.05, 3.63) is 70.2 Å². The molecule has 11 heteroatoms. The van der Waals surface area contributed by atoms with Gasteiger partial charge in [-0.15, -0.1) is 11.3 Å². The molecular weight excluding hydrogens is 554 g/mol. The molecule has 0 bridgehead atoms. The molecule has 1 fully saturated rings. The van der Waals surface area contributed by atoms with E-state index in [2.05, 4.69) is 4.98 Å².